The molecule has 1 heteroatoms. The van der Waals surface area contributed by atoms with E-state index < -0.39 is 0 Å². The average molecular weight is 253 g/mol. The average Bonchev–Trinajstić information content (AvgIpc) is 2.49. The van der Waals surface area contributed by atoms with Crippen LogP contribution in [0, 0.1) is 0 Å². The summed E-state index contributed by atoms with van der Waals surface area (Å²) in [5.41, 5.74) is 2.79. The van der Waals surface area contributed by atoms with Crippen LogP contribution in [0.15, 0.2) is 60.7 Å². The van der Waals surface area contributed by atoms with E-state index in [9.17, 15) is 0 Å². The number of rotatable bonds is 6. The number of hydrogen-bond donors (Lipinski definition) is 1. The lowest BCUT2D eigenvalue weighted by atomic mass is 9.85. The third kappa shape index (κ3) is 3.45. The standard InChI is InChI=1S/C18H23N/c1-3-17(15-11-7-5-8-12-15)18(19-4-2)16-13-9-6-10-14-16/h5-14,17-19H,3-4H2,1-2H3. The maximum Gasteiger partial charge on any atom is 0.0389 e. The maximum absolute atomic E-state index is 3.65. The van der Waals surface area contributed by atoms with Crippen LogP contribution in [-0.4, -0.2) is 6.54 Å². The summed E-state index contributed by atoms with van der Waals surface area (Å²) in [5, 5.41) is 3.65. The molecule has 2 unspecified atom stereocenters. The van der Waals surface area contributed by atoms with Gasteiger partial charge in [0.15, 0.2) is 0 Å². The van der Waals surface area contributed by atoms with Gasteiger partial charge in [0.25, 0.3) is 0 Å². The molecular formula is C18H23N. The van der Waals surface area contributed by atoms with Gasteiger partial charge in [0.2, 0.25) is 0 Å². The zero-order valence-electron chi connectivity index (χ0n) is 11.8. The molecule has 2 aromatic carbocycles. The summed E-state index contributed by atoms with van der Waals surface area (Å²) in [7, 11) is 0. The van der Waals surface area contributed by atoms with Gasteiger partial charge in [0, 0.05) is 12.0 Å². The lowest BCUT2D eigenvalue weighted by Gasteiger charge is -2.28. The minimum absolute atomic E-state index is 0.388. The van der Waals surface area contributed by atoms with Crippen molar-refractivity contribution in [1.82, 2.24) is 5.32 Å². The largest absolute Gasteiger partial charge is 0.310 e. The Labute approximate surface area is 116 Å². The van der Waals surface area contributed by atoms with Crippen molar-refractivity contribution in [3.63, 3.8) is 0 Å². The molecule has 0 aliphatic rings. The highest BCUT2D eigenvalue weighted by Gasteiger charge is 2.22. The van der Waals surface area contributed by atoms with E-state index in [1.54, 1.807) is 0 Å². The predicted molar refractivity (Wildman–Crippen MR) is 82.3 cm³/mol. The van der Waals surface area contributed by atoms with Crippen LogP contribution >= 0.6 is 0 Å². The Hall–Kier alpha value is -1.60. The van der Waals surface area contributed by atoms with Crippen molar-refractivity contribution in [1.29, 1.82) is 0 Å². The normalized spacial score (nSPS) is 14.0. The fourth-order valence-corrected chi connectivity index (χ4v) is 2.74. The minimum atomic E-state index is 0.388. The molecule has 100 valence electrons. The van der Waals surface area contributed by atoms with E-state index in [1.165, 1.54) is 11.1 Å². The summed E-state index contributed by atoms with van der Waals surface area (Å²) in [6.45, 7) is 5.43. The van der Waals surface area contributed by atoms with Gasteiger partial charge in [0.05, 0.1) is 0 Å². The predicted octanol–water partition coefficient (Wildman–Crippen LogP) is 4.53. The molecule has 19 heavy (non-hydrogen) atoms. The molecule has 0 heterocycles. The Morgan fingerprint density at radius 2 is 1.32 bits per heavy atom. The molecule has 1 nitrogen and oxygen atoms in total. The van der Waals surface area contributed by atoms with Crippen LogP contribution in [0.4, 0.5) is 0 Å². The summed E-state index contributed by atoms with van der Waals surface area (Å²) in [4.78, 5) is 0. The SMILES string of the molecule is CCNC(c1ccccc1)C(CC)c1ccccc1. The van der Waals surface area contributed by atoms with Crippen LogP contribution in [0.2, 0.25) is 0 Å². The van der Waals surface area contributed by atoms with Gasteiger partial charge >= 0.3 is 0 Å². The fourth-order valence-electron chi connectivity index (χ4n) is 2.74. The molecule has 0 fully saturated rings. The van der Waals surface area contributed by atoms with Crippen molar-refractivity contribution in [3.05, 3.63) is 71.8 Å². The molecule has 0 saturated heterocycles. The minimum Gasteiger partial charge on any atom is -0.310 e. The van der Waals surface area contributed by atoms with Gasteiger partial charge < -0.3 is 5.32 Å². The van der Waals surface area contributed by atoms with Crippen molar-refractivity contribution >= 4 is 0 Å². The van der Waals surface area contributed by atoms with Crippen LogP contribution in [-0.2, 0) is 0 Å². The van der Waals surface area contributed by atoms with E-state index in [0.29, 0.717) is 12.0 Å². The smallest absolute Gasteiger partial charge is 0.0389 e. The first-order valence-electron chi connectivity index (χ1n) is 7.20. The van der Waals surface area contributed by atoms with Gasteiger partial charge in [-0.3, -0.25) is 0 Å². The van der Waals surface area contributed by atoms with Crippen LogP contribution in [0.1, 0.15) is 43.4 Å². The molecular weight excluding hydrogens is 230 g/mol. The number of likely N-dealkylation sites (N-methyl/N-ethyl adjacent to an activating group) is 1. The molecule has 0 amide bonds. The summed E-state index contributed by atoms with van der Waals surface area (Å²) < 4.78 is 0. The van der Waals surface area contributed by atoms with E-state index >= 15 is 0 Å². The highest BCUT2D eigenvalue weighted by Crippen LogP contribution is 2.33. The third-order valence-electron chi connectivity index (χ3n) is 3.65. The third-order valence-corrected chi connectivity index (χ3v) is 3.65. The quantitative estimate of drug-likeness (QED) is 0.797. The van der Waals surface area contributed by atoms with E-state index in [-0.39, 0.29) is 0 Å². The van der Waals surface area contributed by atoms with E-state index in [0.717, 1.165) is 13.0 Å². The lowest BCUT2D eigenvalue weighted by Crippen LogP contribution is -2.26. The molecule has 0 aliphatic heterocycles. The number of benzene rings is 2. The van der Waals surface area contributed by atoms with Crippen molar-refractivity contribution in [2.45, 2.75) is 32.2 Å². The molecule has 0 bridgehead atoms. The Morgan fingerprint density at radius 3 is 1.79 bits per heavy atom. The first-order chi connectivity index (χ1) is 9.36. The molecule has 2 rings (SSSR count). The summed E-state index contributed by atoms with van der Waals surface area (Å²) in [5.74, 6) is 0.517. The van der Waals surface area contributed by atoms with Gasteiger partial charge in [-0.15, -0.1) is 0 Å². The second-order valence-electron chi connectivity index (χ2n) is 4.87. The van der Waals surface area contributed by atoms with E-state index in [1.807, 2.05) is 0 Å². The summed E-state index contributed by atoms with van der Waals surface area (Å²) in [6, 6.07) is 22.0. The zero-order chi connectivity index (χ0) is 13.5. The van der Waals surface area contributed by atoms with Crippen molar-refractivity contribution in [3.8, 4) is 0 Å². The zero-order valence-corrected chi connectivity index (χ0v) is 11.8. The second-order valence-corrected chi connectivity index (χ2v) is 4.87. The Morgan fingerprint density at radius 1 is 0.789 bits per heavy atom. The Balaban J connectivity index is 2.31. The topological polar surface area (TPSA) is 12.0 Å². The first-order valence-corrected chi connectivity index (χ1v) is 7.20. The first kappa shape index (κ1) is 13.8. The van der Waals surface area contributed by atoms with Crippen molar-refractivity contribution in [2.75, 3.05) is 6.54 Å². The second kappa shape index (κ2) is 7.10. The highest BCUT2D eigenvalue weighted by atomic mass is 14.9. The molecule has 0 aliphatic carbocycles. The fraction of sp³-hybridized carbons (Fsp3) is 0.333. The van der Waals surface area contributed by atoms with E-state index in [4.69, 9.17) is 0 Å². The highest BCUT2D eigenvalue weighted by molar-refractivity contribution is 5.28. The maximum atomic E-state index is 3.65. The molecule has 0 radical (unpaired) electrons. The summed E-state index contributed by atoms with van der Waals surface area (Å²) >= 11 is 0. The van der Waals surface area contributed by atoms with Crippen LogP contribution in [0.5, 0.6) is 0 Å². The van der Waals surface area contributed by atoms with Crippen LogP contribution < -0.4 is 5.32 Å². The Kier molecular flexibility index (Phi) is 5.17. The van der Waals surface area contributed by atoms with Gasteiger partial charge in [-0.1, -0.05) is 74.5 Å². The van der Waals surface area contributed by atoms with Crippen LogP contribution in [0.3, 0.4) is 0 Å². The molecule has 2 aromatic rings. The molecule has 0 saturated carbocycles. The monoisotopic (exact) mass is 253 g/mol. The van der Waals surface area contributed by atoms with Gasteiger partial charge in [0.1, 0.15) is 0 Å². The molecule has 0 aromatic heterocycles. The number of hydrogen-bond acceptors (Lipinski definition) is 1. The van der Waals surface area contributed by atoms with Crippen LogP contribution in [0.25, 0.3) is 0 Å². The molecule has 1 N–H and O–H groups in total. The molecule has 0 spiro atoms. The van der Waals surface area contributed by atoms with Gasteiger partial charge in [-0.25, -0.2) is 0 Å². The van der Waals surface area contributed by atoms with E-state index in [2.05, 4.69) is 79.8 Å². The molecule has 2 atom stereocenters. The van der Waals surface area contributed by atoms with Gasteiger partial charge in [-0.2, -0.15) is 0 Å². The number of nitrogens with one attached hydrogen (secondary N) is 1. The van der Waals surface area contributed by atoms with Gasteiger partial charge in [-0.05, 0) is 24.1 Å². The Bertz CT molecular complexity index is 464. The van der Waals surface area contributed by atoms with Crippen molar-refractivity contribution < 1.29 is 0 Å². The summed E-state index contributed by atoms with van der Waals surface area (Å²) in [6.07, 6.45) is 1.14. The lowest BCUT2D eigenvalue weighted by molar-refractivity contribution is 0.445. The van der Waals surface area contributed by atoms with Crippen molar-refractivity contribution in [2.24, 2.45) is 0 Å².